The predicted octanol–water partition coefficient (Wildman–Crippen LogP) is 3.52. The Morgan fingerprint density at radius 2 is 1.72 bits per heavy atom. The van der Waals surface area contributed by atoms with Crippen molar-refractivity contribution >= 4 is 15.7 Å². The third kappa shape index (κ3) is 5.16. The highest BCUT2D eigenvalue weighted by Crippen LogP contribution is 2.20. The average Bonchev–Trinajstić information content (AvgIpc) is 2.55. The molecule has 0 aliphatic rings. The molecular formula is C20H25NO3S. The largest absolute Gasteiger partial charge is 0.349 e. The van der Waals surface area contributed by atoms with E-state index in [2.05, 4.69) is 5.32 Å². The van der Waals surface area contributed by atoms with Crippen LogP contribution in [0.25, 0.3) is 0 Å². The van der Waals surface area contributed by atoms with E-state index in [9.17, 15) is 13.2 Å². The number of carbonyl (C=O) groups is 1. The van der Waals surface area contributed by atoms with E-state index in [4.69, 9.17) is 0 Å². The normalized spacial score (nSPS) is 12.6. The quantitative estimate of drug-likeness (QED) is 0.858. The van der Waals surface area contributed by atoms with Gasteiger partial charge in [0.25, 0.3) is 0 Å². The highest BCUT2D eigenvalue weighted by molar-refractivity contribution is 7.90. The molecule has 1 atom stereocenters. The standard InChI is InChI=1S/C20H25NO3S/c1-5-19(16-8-10-18(11-9-16)25(4,23)24)21-20(22)13-17-12-14(2)6-7-15(17)3/h6-12,19H,5,13H2,1-4H3,(H,21,22). The van der Waals surface area contributed by atoms with Gasteiger partial charge < -0.3 is 5.32 Å². The van der Waals surface area contributed by atoms with Gasteiger partial charge in [0.05, 0.1) is 17.4 Å². The van der Waals surface area contributed by atoms with Gasteiger partial charge in [0.1, 0.15) is 0 Å². The Morgan fingerprint density at radius 3 is 2.28 bits per heavy atom. The first-order valence-corrected chi connectivity index (χ1v) is 10.3. The van der Waals surface area contributed by atoms with Crippen LogP contribution in [0.4, 0.5) is 0 Å². The van der Waals surface area contributed by atoms with Crippen molar-refractivity contribution in [1.29, 1.82) is 0 Å². The topological polar surface area (TPSA) is 63.2 Å². The molecule has 0 aliphatic carbocycles. The lowest BCUT2D eigenvalue weighted by atomic mass is 10.0. The SMILES string of the molecule is CCC(NC(=O)Cc1cc(C)ccc1C)c1ccc(S(C)(=O)=O)cc1. The van der Waals surface area contributed by atoms with Crippen molar-refractivity contribution in [2.45, 2.75) is 44.6 Å². The van der Waals surface area contributed by atoms with Gasteiger partial charge in [-0.15, -0.1) is 0 Å². The fourth-order valence-electron chi connectivity index (χ4n) is 2.78. The summed E-state index contributed by atoms with van der Waals surface area (Å²) in [5.41, 5.74) is 4.17. The van der Waals surface area contributed by atoms with Gasteiger partial charge in [-0.3, -0.25) is 4.79 Å². The summed E-state index contributed by atoms with van der Waals surface area (Å²) in [5, 5.41) is 3.05. The number of hydrogen-bond acceptors (Lipinski definition) is 3. The number of hydrogen-bond donors (Lipinski definition) is 1. The van der Waals surface area contributed by atoms with E-state index in [0.717, 1.165) is 28.7 Å². The Kier molecular flexibility index (Phi) is 6.01. The first-order valence-electron chi connectivity index (χ1n) is 8.36. The summed E-state index contributed by atoms with van der Waals surface area (Å²) < 4.78 is 23.1. The molecular weight excluding hydrogens is 334 g/mol. The van der Waals surface area contributed by atoms with Crippen LogP contribution < -0.4 is 5.32 Å². The van der Waals surface area contributed by atoms with E-state index in [-0.39, 0.29) is 16.8 Å². The van der Waals surface area contributed by atoms with Crippen molar-refractivity contribution in [3.05, 3.63) is 64.7 Å². The Hall–Kier alpha value is -2.14. The molecule has 2 aromatic carbocycles. The van der Waals surface area contributed by atoms with Crippen LogP contribution in [0.3, 0.4) is 0 Å². The first kappa shape index (κ1) is 19.2. The van der Waals surface area contributed by atoms with Gasteiger partial charge in [0, 0.05) is 6.26 Å². The van der Waals surface area contributed by atoms with Crippen molar-refractivity contribution in [3.8, 4) is 0 Å². The fourth-order valence-corrected chi connectivity index (χ4v) is 3.41. The lowest BCUT2D eigenvalue weighted by Gasteiger charge is -2.18. The highest BCUT2D eigenvalue weighted by Gasteiger charge is 2.15. The molecule has 0 saturated heterocycles. The number of sulfone groups is 1. The number of benzene rings is 2. The molecule has 0 aromatic heterocycles. The van der Waals surface area contributed by atoms with E-state index < -0.39 is 9.84 Å². The smallest absolute Gasteiger partial charge is 0.224 e. The van der Waals surface area contributed by atoms with Gasteiger partial charge in [-0.1, -0.05) is 42.8 Å². The van der Waals surface area contributed by atoms with Gasteiger partial charge in [-0.25, -0.2) is 8.42 Å². The number of aryl methyl sites for hydroxylation is 2. The lowest BCUT2D eigenvalue weighted by Crippen LogP contribution is -2.29. The van der Waals surface area contributed by atoms with Crippen molar-refractivity contribution in [1.82, 2.24) is 5.32 Å². The monoisotopic (exact) mass is 359 g/mol. The second-order valence-corrected chi connectivity index (χ2v) is 8.49. The molecule has 134 valence electrons. The molecule has 1 unspecified atom stereocenters. The highest BCUT2D eigenvalue weighted by atomic mass is 32.2. The molecule has 2 rings (SSSR count). The summed E-state index contributed by atoms with van der Waals surface area (Å²) in [7, 11) is -3.21. The Morgan fingerprint density at radius 1 is 1.08 bits per heavy atom. The maximum Gasteiger partial charge on any atom is 0.224 e. The Balaban J connectivity index is 2.11. The van der Waals surface area contributed by atoms with Crippen molar-refractivity contribution in [2.24, 2.45) is 0 Å². The second kappa shape index (κ2) is 7.83. The number of nitrogens with one attached hydrogen (secondary N) is 1. The molecule has 0 aliphatic heterocycles. The zero-order valence-corrected chi connectivity index (χ0v) is 16.0. The van der Waals surface area contributed by atoms with Crippen LogP contribution in [0.2, 0.25) is 0 Å². The molecule has 0 bridgehead atoms. The van der Waals surface area contributed by atoms with Crippen LogP contribution >= 0.6 is 0 Å². The van der Waals surface area contributed by atoms with Gasteiger partial charge in [-0.05, 0) is 49.1 Å². The molecule has 0 spiro atoms. The summed E-state index contributed by atoms with van der Waals surface area (Å²) >= 11 is 0. The van der Waals surface area contributed by atoms with Gasteiger partial charge in [0.15, 0.2) is 9.84 Å². The summed E-state index contributed by atoms with van der Waals surface area (Å²) in [5.74, 6) is -0.0345. The van der Waals surface area contributed by atoms with E-state index in [1.165, 1.54) is 6.26 Å². The molecule has 0 heterocycles. The van der Waals surface area contributed by atoms with Gasteiger partial charge >= 0.3 is 0 Å². The van der Waals surface area contributed by atoms with E-state index >= 15 is 0 Å². The maximum absolute atomic E-state index is 12.4. The minimum Gasteiger partial charge on any atom is -0.349 e. The summed E-state index contributed by atoms with van der Waals surface area (Å²) in [6.07, 6.45) is 2.26. The zero-order valence-electron chi connectivity index (χ0n) is 15.2. The third-order valence-corrected chi connectivity index (χ3v) is 5.44. The van der Waals surface area contributed by atoms with Crippen LogP contribution in [-0.4, -0.2) is 20.6 Å². The van der Waals surface area contributed by atoms with Crippen LogP contribution in [0.5, 0.6) is 0 Å². The van der Waals surface area contributed by atoms with E-state index in [1.54, 1.807) is 24.3 Å². The summed E-state index contributed by atoms with van der Waals surface area (Å²) in [6.45, 7) is 6.01. The first-order chi connectivity index (χ1) is 11.7. The minimum atomic E-state index is -3.21. The summed E-state index contributed by atoms with van der Waals surface area (Å²) in [4.78, 5) is 12.7. The Bertz CT molecular complexity index is 855. The number of rotatable bonds is 6. The van der Waals surface area contributed by atoms with Crippen LogP contribution in [0, 0.1) is 13.8 Å². The molecule has 0 saturated carbocycles. The molecule has 2 aromatic rings. The molecule has 25 heavy (non-hydrogen) atoms. The van der Waals surface area contributed by atoms with Crippen molar-refractivity contribution in [3.63, 3.8) is 0 Å². The molecule has 1 N–H and O–H groups in total. The third-order valence-electron chi connectivity index (χ3n) is 4.31. The van der Waals surface area contributed by atoms with E-state index in [1.807, 2.05) is 39.0 Å². The minimum absolute atomic E-state index is 0.0345. The molecule has 0 radical (unpaired) electrons. The van der Waals surface area contributed by atoms with Crippen molar-refractivity contribution in [2.75, 3.05) is 6.26 Å². The second-order valence-electron chi connectivity index (χ2n) is 6.48. The lowest BCUT2D eigenvalue weighted by molar-refractivity contribution is -0.121. The van der Waals surface area contributed by atoms with Crippen molar-refractivity contribution < 1.29 is 13.2 Å². The van der Waals surface area contributed by atoms with Crippen LogP contribution in [0.1, 0.15) is 41.6 Å². The Labute approximate surface area is 150 Å². The maximum atomic E-state index is 12.4. The molecule has 5 heteroatoms. The number of amides is 1. The van der Waals surface area contributed by atoms with Crippen LogP contribution in [0.15, 0.2) is 47.4 Å². The molecule has 0 fully saturated rings. The molecule has 1 amide bonds. The number of carbonyl (C=O) groups excluding carboxylic acids is 1. The predicted molar refractivity (Wildman–Crippen MR) is 100 cm³/mol. The fraction of sp³-hybridized carbons (Fsp3) is 0.350. The van der Waals surface area contributed by atoms with E-state index in [0.29, 0.717) is 6.42 Å². The zero-order chi connectivity index (χ0) is 18.6. The van der Waals surface area contributed by atoms with Gasteiger partial charge in [0.2, 0.25) is 5.91 Å². The van der Waals surface area contributed by atoms with Gasteiger partial charge in [-0.2, -0.15) is 0 Å². The average molecular weight is 359 g/mol. The van der Waals surface area contributed by atoms with Crippen LogP contribution in [-0.2, 0) is 21.1 Å². The molecule has 4 nitrogen and oxygen atoms in total. The summed E-state index contributed by atoms with van der Waals surface area (Å²) in [6, 6.07) is 12.7.